The number of halogens is 1. The smallest absolute Gasteiger partial charge is 0.191 e. The maximum absolute atomic E-state index is 12.3. The predicted molar refractivity (Wildman–Crippen MR) is 106 cm³/mol. The van der Waals surface area contributed by atoms with Gasteiger partial charge in [-0.05, 0) is 29.8 Å². The Morgan fingerprint density at radius 2 is 1.81 bits per heavy atom. The van der Waals surface area contributed by atoms with Crippen molar-refractivity contribution in [1.29, 1.82) is 0 Å². The van der Waals surface area contributed by atoms with E-state index in [0.29, 0.717) is 17.7 Å². The van der Waals surface area contributed by atoms with Crippen molar-refractivity contribution in [2.45, 2.75) is 11.6 Å². The highest BCUT2D eigenvalue weighted by atomic mass is 79.9. The van der Waals surface area contributed by atoms with E-state index in [4.69, 9.17) is 4.74 Å². The number of methoxy groups -OCH3 is 1. The van der Waals surface area contributed by atoms with E-state index in [-0.39, 0.29) is 5.78 Å². The summed E-state index contributed by atoms with van der Waals surface area (Å²) in [6, 6.07) is 15.3. The third-order valence-corrected chi connectivity index (χ3v) is 5.49. The maximum atomic E-state index is 12.3. The molecule has 0 aliphatic rings. The summed E-state index contributed by atoms with van der Waals surface area (Å²) in [5.74, 6) is 2.08. The molecule has 26 heavy (non-hydrogen) atoms. The van der Waals surface area contributed by atoms with Crippen LogP contribution in [0.5, 0.6) is 5.75 Å². The minimum absolute atomic E-state index is 0.0715. The lowest BCUT2D eigenvalue weighted by Gasteiger charge is -2.05. The third kappa shape index (κ3) is 4.53. The second kappa shape index (κ2) is 8.51. The van der Waals surface area contributed by atoms with Gasteiger partial charge in [0.15, 0.2) is 10.9 Å². The number of hydrogen-bond donors (Lipinski definition) is 0. The summed E-state index contributed by atoms with van der Waals surface area (Å²) in [6.07, 6.45) is 0.675. The number of hydrogen-bond acceptors (Lipinski definition) is 5. The summed E-state index contributed by atoms with van der Waals surface area (Å²) in [5, 5.41) is 9.21. The van der Waals surface area contributed by atoms with Gasteiger partial charge >= 0.3 is 0 Å². The van der Waals surface area contributed by atoms with Crippen LogP contribution in [-0.4, -0.2) is 33.4 Å². The van der Waals surface area contributed by atoms with Crippen LogP contribution in [0, 0.1) is 0 Å². The lowest BCUT2D eigenvalue weighted by atomic mass is 10.1. The van der Waals surface area contributed by atoms with E-state index in [9.17, 15) is 4.79 Å². The average Bonchev–Trinajstić information content (AvgIpc) is 3.00. The Labute approximate surface area is 164 Å². The fraction of sp³-hybridized carbons (Fsp3) is 0.211. The topological polar surface area (TPSA) is 57.0 Å². The molecule has 1 heterocycles. The molecule has 0 bridgehead atoms. The molecule has 3 aromatic rings. The lowest BCUT2D eigenvalue weighted by Crippen LogP contribution is -2.04. The van der Waals surface area contributed by atoms with Gasteiger partial charge in [0.25, 0.3) is 0 Å². The molecule has 0 atom stereocenters. The van der Waals surface area contributed by atoms with Crippen LogP contribution in [0.4, 0.5) is 0 Å². The quantitative estimate of drug-likeness (QED) is 0.415. The molecule has 0 unspecified atom stereocenters. The van der Waals surface area contributed by atoms with E-state index in [1.165, 1.54) is 11.8 Å². The number of Topliss-reactive ketones (excluding diaryl/α,β-unsaturated/α-hetero) is 1. The van der Waals surface area contributed by atoms with Gasteiger partial charge in [-0.3, -0.25) is 4.79 Å². The van der Waals surface area contributed by atoms with Crippen LogP contribution in [0.1, 0.15) is 21.7 Å². The molecule has 7 heteroatoms. The van der Waals surface area contributed by atoms with Gasteiger partial charge in [-0.2, -0.15) is 0 Å². The van der Waals surface area contributed by atoms with E-state index in [0.717, 1.165) is 26.8 Å². The predicted octanol–water partition coefficient (Wildman–Crippen LogP) is 4.15. The number of rotatable bonds is 7. The first-order valence-electron chi connectivity index (χ1n) is 7.99. The molecule has 134 valence electrons. The Hall–Kier alpha value is -2.12. The molecule has 0 N–H and O–H groups in total. The van der Waals surface area contributed by atoms with Crippen LogP contribution < -0.4 is 4.74 Å². The van der Waals surface area contributed by atoms with Crippen molar-refractivity contribution in [2.24, 2.45) is 7.05 Å². The zero-order valence-corrected chi connectivity index (χ0v) is 16.9. The summed E-state index contributed by atoms with van der Waals surface area (Å²) >= 11 is 4.77. The number of ether oxygens (including phenoxy) is 1. The van der Waals surface area contributed by atoms with Crippen LogP contribution in [0.15, 0.2) is 58.2 Å². The highest BCUT2D eigenvalue weighted by Gasteiger charge is 2.13. The Kier molecular flexibility index (Phi) is 6.11. The molecule has 0 saturated heterocycles. The molecule has 5 nitrogen and oxygen atoms in total. The van der Waals surface area contributed by atoms with Gasteiger partial charge in [-0.15, -0.1) is 10.2 Å². The summed E-state index contributed by atoms with van der Waals surface area (Å²) in [7, 11) is 3.57. The number of nitrogens with zero attached hydrogens (tertiary/aromatic N) is 3. The highest BCUT2D eigenvalue weighted by Crippen LogP contribution is 2.20. The lowest BCUT2D eigenvalue weighted by molar-refractivity contribution is 0.102. The van der Waals surface area contributed by atoms with Gasteiger partial charge in [0.2, 0.25) is 0 Å². The van der Waals surface area contributed by atoms with Crippen molar-refractivity contribution in [3.8, 4) is 5.75 Å². The van der Waals surface area contributed by atoms with Crippen LogP contribution >= 0.6 is 27.7 Å². The molecule has 0 aliphatic heterocycles. The van der Waals surface area contributed by atoms with Gasteiger partial charge in [-0.25, -0.2) is 0 Å². The summed E-state index contributed by atoms with van der Waals surface area (Å²) in [4.78, 5) is 12.3. The van der Waals surface area contributed by atoms with E-state index in [1.807, 2.05) is 60.1 Å². The van der Waals surface area contributed by atoms with E-state index < -0.39 is 0 Å². The first kappa shape index (κ1) is 18.7. The molecule has 2 aromatic carbocycles. The van der Waals surface area contributed by atoms with Crippen LogP contribution in [0.3, 0.4) is 0 Å². The normalized spacial score (nSPS) is 10.7. The van der Waals surface area contributed by atoms with Crippen LogP contribution in [-0.2, 0) is 13.5 Å². The number of aromatic nitrogens is 3. The van der Waals surface area contributed by atoms with Gasteiger partial charge in [0, 0.05) is 23.5 Å². The van der Waals surface area contributed by atoms with Crippen LogP contribution in [0.25, 0.3) is 0 Å². The monoisotopic (exact) mass is 431 g/mol. The standard InChI is InChI=1S/C19H18BrN3O2S/c1-23-18(11-13-3-9-16(25-2)10-4-13)21-22-19(23)26-12-17(24)14-5-7-15(20)8-6-14/h3-10H,11-12H2,1-2H3. The number of benzene rings is 2. The largest absolute Gasteiger partial charge is 0.497 e. The van der Waals surface area contributed by atoms with Crippen molar-refractivity contribution in [3.63, 3.8) is 0 Å². The van der Waals surface area contributed by atoms with Crippen molar-refractivity contribution >= 4 is 33.5 Å². The van der Waals surface area contributed by atoms with Crippen molar-refractivity contribution < 1.29 is 9.53 Å². The molecule has 0 radical (unpaired) electrons. The van der Waals surface area contributed by atoms with Gasteiger partial charge in [0.1, 0.15) is 11.6 Å². The van der Waals surface area contributed by atoms with Crippen molar-refractivity contribution in [1.82, 2.24) is 14.8 Å². The molecular weight excluding hydrogens is 414 g/mol. The van der Waals surface area contributed by atoms with Crippen molar-refractivity contribution in [3.05, 3.63) is 70.0 Å². The van der Waals surface area contributed by atoms with Gasteiger partial charge < -0.3 is 9.30 Å². The zero-order chi connectivity index (χ0) is 18.5. The zero-order valence-electron chi connectivity index (χ0n) is 14.5. The number of carbonyl (C=O) groups excluding carboxylic acids is 1. The van der Waals surface area contributed by atoms with E-state index >= 15 is 0 Å². The summed E-state index contributed by atoms with van der Waals surface area (Å²) < 4.78 is 8.06. The Bertz CT molecular complexity index is 892. The SMILES string of the molecule is COc1ccc(Cc2nnc(SCC(=O)c3ccc(Br)cc3)n2C)cc1. The molecule has 0 spiro atoms. The molecule has 0 aliphatic carbocycles. The van der Waals surface area contributed by atoms with Gasteiger partial charge in [-0.1, -0.05) is 52.0 Å². The second-order valence-corrected chi connectivity index (χ2v) is 7.56. The maximum Gasteiger partial charge on any atom is 0.191 e. The Balaban J connectivity index is 1.62. The highest BCUT2D eigenvalue weighted by molar-refractivity contribution is 9.10. The molecular formula is C19H18BrN3O2S. The van der Waals surface area contributed by atoms with Gasteiger partial charge in [0.05, 0.1) is 12.9 Å². The minimum Gasteiger partial charge on any atom is -0.497 e. The molecule has 0 amide bonds. The first-order chi connectivity index (χ1) is 12.6. The summed E-state index contributed by atoms with van der Waals surface area (Å²) in [5.41, 5.74) is 1.82. The average molecular weight is 432 g/mol. The number of carbonyl (C=O) groups is 1. The number of thioether (sulfide) groups is 1. The molecule has 3 rings (SSSR count). The Morgan fingerprint density at radius 3 is 2.46 bits per heavy atom. The third-order valence-electron chi connectivity index (χ3n) is 3.94. The van der Waals surface area contributed by atoms with E-state index in [2.05, 4.69) is 26.1 Å². The minimum atomic E-state index is 0.0715. The molecule has 0 fully saturated rings. The fourth-order valence-corrected chi connectivity index (χ4v) is 3.49. The Morgan fingerprint density at radius 1 is 1.12 bits per heavy atom. The second-order valence-electron chi connectivity index (χ2n) is 5.70. The molecule has 0 saturated carbocycles. The fourth-order valence-electron chi connectivity index (χ4n) is 2.40. The first-order valence-corrected chi connectivity index (χ1v) is 9.77. The van der Waals surface area contributed by atoms with Crippen molar-refractivity contribution in [2.75, 3.05) is 12.9 Å². The van der Waals surface area contributed by atoms with Crippen LogP contribution in [0.2, 0.25) is 0 Å². The molecule has 1 aromatic heterocycles. The number of ketones is 1. The van der Waals surface area contributed by atoms with E-state index in [1.54, 1.807) is 7.11 Å². The summed E-state index contributed by atoms with van der Waals surface area (Å²) in [6.45, 7) is 0.